The maximum Gasteiger partial charge on any atom is 0.260 e. The van der Waals surface area contributed by atoms with Gasteiger partial charge in [-0.1, -0.05) is 15.9 Å². The molecule has 0 unspecified atom stereocenters. The van der Waals surface area contributed by atoms with Gasteiger partial charge in [0, 0.05) is 30.7 Å². The van der Waals surface area contributed by atoms with Crippen LogP contribution in [0.25, 0.3) is 0 Å². The lowest BCUT2D eigenvalue weighted by molar-refractivity contribution is 0.403. The van der Waals surface area contributed by atoms with Crippen LogP contribution in [0.1, 0.15) is 6.42 Å². The van der Waals surface area contributed by atoms with Crippen molar-refractivity contribution in [2.45, 2.75) is 16.3 Å². The molecule has 0 atom stereocenters. The van der Waals surface area contributed by atoms with Crippen LogP contribution in [-0.4, -0.2) is 61.6 Å². The number of nitrogens with zero attached hydrogens (tertiary/aromatic N) is 3. The van der Waals surface area contributed by atoms with E-state index in [-0.39, 0.29) is 36.1 Å². The van der Waals surface area contributed by atoms with E-state index in [1.165, 1.54) is 33.3 Å². The molecule has 3 rings (SSSR count). The van der Waals surface area contributed by atoms with Crippen molar-refractivity contribution in [2.24, 2.45) is 0 Å². The van der Waals surface area contributed by atoms with Crippen LogP contribution >= 0.6 is 15.9 Å². The second-order valence-electron chi connectivity index (χ2n) is 5.53. The number of aromatic amines is 1. The number of halogens is 1. The second-order valence-corrected chi connectivity index (χ2v) is 10.3. The van der Waals surface area contributed by atoms with Gasteiger partial charge in [0.2, 0.25) is 10.0 Å². The molecule has 0 bridgehead atoms. The normalized spacial score (nSPS) is 18.1. The van der Waals surface area contributed by atoms with Gasteiger partial charge in [-0.15, -0.1) is 0 Å². The van der Waals surface area contributed by atoms with E-state index in [2.05, 4.69) is 25.9 Å². The smallest absolute Gasteiger partial charge is 0.260 e. The Balaban J connectivity index is 1.79. The first-order valence-corrected chi connectivity index (χ1v) is 11.2. The highest BCUT2D eigenvalue weighted by atomic mass is 79.9. The Labute approximate surface area is 155 Å². The van der Waals surface area contributed by atoms with Gasteiger partial charge in [-0.2, -0.15) is 8.61 Å². The van der Waals surface area contributed by atoms with E-state index in [0.29, 0.717) is 6.42 Å². The predicted molar refractivity (Wildman–Crippen MR) is 94.9 cm³/mol. The van der Waals surface area contributed by atoms with Crippen LogP contribution in [0.4, 0.5) is 0 Å². The number of benzene rings is 1. The SMILES string of the molecule is O=S(=O)(c1ccc(Br)cc1)N1CCCN(S(=O)(=O)c2cnc[nH]2)CC1. The molecular formula is C14H17BrN4O4S2. The Kier molecular flexibility index (Phi) is 5.30. The molecule has 2 aromatic rings. The number of imidazole rings is 1. The Morgan fingerprint density at radius 2 is 1.52 bits per heavy atom. The largest absolute Gasteiger partial charge is 0.335 e. The third kappa shape index (κ3) is 3.80. The van der Waals surface area contributed by atoms with Crippen LogP contribution < -0.4 is 0 Å². The van der Waals surface area contributed by atoms with Gasteiger partial charge in [0.15, 0.2) is 5.03 Å². The molecule has 25 heavy (non-hydrogen) atoms. The minimum absolute atomic E-state index is 0.0108. The lowest BCUT2D eigenvalue weighted by Crippen LogP contribution is -2.37. The summed E-state index contributed by atoms with van der Waals surface area (Å²) in [6.07, 6.45) is 2.97. The number of nitrogens with one attached hydrogen (secondary N) is 1. The summed E-state index contributed by atoms with van der Waals surface area (Å²) < 4.78 is 54.0. The van der Waals surface area contributed by atoms with E-state index in [1.54, 1.807) is 12.1 Å². The van der Waals surface area contributed by atoms with Crippen molar-refractivity contribution < 1.29 is 16.8 Å². The lowest BCUT2D eigenvalue weighted by Gasteiger charge is -2.21. The van der Waals surface area contributed by atoms with E-state index >= 15 is 0 Å². The Morgan fingerprint density at radius 3 is 2.08 bits per heavy atom. The number of hydrogen-bond donors (Lipinski definition) is 1. The summed E-state index contributed by atoms with van der Waals surface area (Å²) in [6, 6.07) is 6.40. The number of hydrogen-bond acceptors (Lipinski definition) is 5. The quantitative estimate of drug-likeness (QED) is 0.757. The highest BCUT2D eigenvalue weighted by Gasteiger charge is 2.32. The first-order chi connectivity index (χ1) is 11.8. The Morgan fingerprint density at radius 1 is 0.920 bits per heavy atom. The molecule has 136 valence electrons. The first kappa shape index (κ1) is 18.5. The van der Waals surface area contributed by atoms with E-state index in [1.807, 2.05) is 0 Å². The highest BCUT2D eigenvalue weighted by molar-refractivity contribution is 9.10. The fraction of sp³-hybridized carbons (Fsp3) is 0.357. The summed E-state index contributed by atoms with van der Waals surface area (Å²) in [6.45, 7) is 0.726. The molecule has 1 aromatic heterocycles. The molecule has 0 saturated carbocycles. The van der Waals surface area contributed by atoms with Gasteiger partial charge < -0.3 is 4.98 Å². The summed E-state index contributed by atoms with van der Waals surface area (Å²) in [5.74, 6) is 0. The van der Waals surface area contributed by atoms with Gasteiger partial charge >= 0.3 is 0 Å². The van der Waals surface area contributed by atoms with Crippen molar-refractivity contribution in [3.05, 3.63) is 41.3 Å². The topological polar surface area (TPSA) is 103 Å². The fourth-order valence-corrected chi connectivity index (χ4v) is 5.73. The van der Waals surface area contributed by atoms with Crippen molar-refractivity contribution in [3.63, 3.8) is 0 Å². The molecule has 0 spiro atoms. The van der Waals surface area contributed by atoms with Crippen LogP contribution in [0.3, 0.4) is 0 Å². The van der Waals surface area contributed by atoms with E-state index < -0.39 is 20.0 Å². The maximum absolute atomic E-state index is 12.8. The summed E-state index contributed by atoms with van der Waals surface area (Å²) in [5, 5.41) is 0.0108. The minimum atomic E-state index is -3.69. The molecule has 1 aliphatic rings. The number of sulfonamides is 2. The van der Waals surface area contributed by atoms with Gasteiger partial charge in [0.25, 0.3) is 10.0 Å². The summed E-state index contributed by atoms with van der Waals surface area (Å²) in [5.41, 5.74) is 0. The summed E-state index contributed by atoms with van der Waals surface area (Å²) >= 11 is 3.28. The van der Waals surface area contributed by atoms with Crippen molar-refractivity contribution >= 4 is 36.0 Å². The number of aromatic nitrogens is 2. The van der Waals surface area contributed by atoms with Crippen LogP contribution in [0, 0.1) is 0 Å². The minimum Gasteiger partial charge on any atom is -0.335 e. The lowest BCUT2D eigenvalue weighted by atomic mass is 10.4. The van der Waals surface area contributed by atoms with E-state index in [4.69, 9.17) is 0 Å². The first-order valence-electron chi connectivity index (χ1n) is 7.56. The zero-order valence-electron chi connectivity index (χ0n) is 13.2. The highest BCUT2D eigenvalue weighted by Crippen LogP contribution is 2.22. The molecule has 0 aliphatic carbocycles. The monoisotopic (exact) mass is 448 g/mol. The van der Waals surface area contributed by atoms with Gasteiger partial charge in [-0.25, -0.2) is 21.8 Å². The molecule has 2 heterocycles. The maximum atomic E-state index is 12.8. The molecule has 8 nitrogen and oxygen atoms in total. The summed E-state index contributed by atoms with van der Waals surface area (Å²) in [4.78, 5) is 6.52. The Hall–Kier alpha value is -1.27. The van der Waals surface area contributed by atoms with E-state index in [9.17, 15) is 16.8 Å². The van der Waals surface area contributed by atoms with E-state index in [0.717, 1.165) is 4.47 Å². The molecule has 1 saturated heterocycles. The second kappa shape index (κ2) is 7.16. The summed E-state index contributed by atoms with van der Waals surface area (Å²) in [7, 11) is -7.35. The molecule has 1 N–H and O–H groups in total. The van der Waals surface area contributed by atoms with Crippen molar-refractivity contribution in [2.75, 3.05) is 26.2 Å². The zero-order valence-corrected chi connectivity index (χ0v) is 16.4. The van der Waals surface area contributed by atoms with Crippen LogP contribution in [0.15, 0.2) is 51.2 Å². The molecule has 11 heteroatoms. The van der Waals surface area contributed by atoms with Gasteiger partial charge in [-0.05, 0) is 30.7 Å². The third-order valence-corrected chi connectivity index (χ3v) is 8.22. The third-order valence-electron chi connectivity index (χ3n) is 3.96. The van der Waals surface area contributed by atoms with Crippen molar-refractivity contribution in [1.29, 1.82) is 0 Å². The number of H-pyrrole nitrogens is 1. The fourth-order valence-electron chi connectivity index (χ4n) is 2.63. The van der Waals surface area contributed by atoms with Crippen LogP contribution in [0.5, 0.6) is 0 Å². The molecule has 1 aromatic carbocycles. The zero-order chi connectivity index (χ0) is 18.1. The molecule has 1 fully saturated rings. The van der Waals surface area contributed by atoms with Gasteiger partial charge in [0.1, 0.15) is 0 Å². The molecule has 1 aliphatic heterocycles. The predicted octanol–water partition coefficient (Wildman–Crippen LogP) is 1.26. The Bertz CT molecular complexity index is 928. The van der Waals surface area contributed by atoms with Gasteiger partial charge in [0.05, 0.1) is 17.4 Å². The van der Waals surface area contributed by atoms with Crippen molar-refractivity contribution in [1.82, 2.24) is 18.6 Å². The van der Waals surface area contributed by atoms with Crippen molar-refractivity contribution in [3.8, 4) is 0 Å². The average Bonchev–Trinajstić information content (AvgIpc) is 3.00. The average molecular weight is 449 g/mol. The number of rotatable bonds is 4. The van der Waals surface area contributed by atoms with Gasteiger partial charge in [-0.3, -0.25) is 0 Å². The van der Waals surface area contributed by atoms with Crippen LogP contribution in [-0.2, 0) is 20.0 Å². The molecular weight excluding hydrogens is 432 g/mol. The molecule has 0 amide bonds. The molecule has 0 radical (unpaired) electrons. The van der Waals surface area contributed by atoms with Crippen LogP contribution in [0.2, 0.25) is 0 Å². The standard InChI is InChI=1S/C14H17BrN4O4S2/c15-12-2-4-13(5-3-12)24(20,21)18-6-1-7-19(9-8-18)25(22,23)14-10-16-11-17-14/h2-5,10-11H,1,6-9H2,(H,16,17).